The van der Waals surface area contributed by atoms with Gasteiger partial charge in [-0.25, -0.2) is 4.79 Å². The van der Waals surface area contributed by atoms with Gasteiger partial charge in [-0.3, -0.25) is 19.2 Å². The molecule has 0 saturated carbocycles. The van der Waals surface area contributed by atoms with Gasteiger partial charge in [0.25, 0.3) is 0 Å². The molecule has 0 aliphatic carbocycles. The summed E-state index contributed by atoms with van der Waals surface area (Å²) in [6.45, 7) is 0. The Kier molecular flexibility index (Phi) is 12.9. The van der Waals surface area contributed by atoms with Crippen LogP contribution in [0.2, 0.25) is 0 Å². The summed E-state index contributed by atoms with van der Waals surface area (Å²) in [6, 6.07) is 9.93. The first-order chi connectivity index (χ1) is 19.0. The standard InChI is InChI=1S/C27H35N5O7S/c1-40-12-11-20(30-24(35)19(28)15-23(29)34)25(36)31-21(13-16-5-3-2-4-6-16)26(37)32-22(27(38)39)14-17-7-9-18(33)10-8-17/h2-10,19-22,33H,11-15,28H2,1H3,(H2,29,34)(H,30,35)(H,31,36)(H,32,37)(H,38,39). The lowest BCUT2D eigenvalue weighted by Crippen LogP contribution is -2.58. The van der Waals surface area contributed by atoms with E-state index in [0.29, 0.717) is 16.9 Å². The molecule has 0 saturated heterocycles. The SMILES string of the molecule is CSCCC(NC(=O)C(N)CC(N)=O)C(=O)NC(Cc1ccccc1)C(=O)NC(Cc1ccc(O)cc1)C(=O)O. The van der Waals surface area contributed by atoms with Gasteiger partial charge >= 0.3 is 5.97 Å². The van der Waals surface area contributed by atoms with Gasteiger partial charge in [0.2, 0.25) is 23.6 Å². The summed E-state index contributed by atoms with van der Waals surface area (Å²) in [5, 5.41) is 26.9. The first-order valence-corrected chi connectivity index (χ1v) is 13.9. The van der Waals surface area contributed by atoms with Crippen LogP contribution in [-0.4, -0.2) is 76.0 Å². The van der Waals surface area contributed by atoms with Crippen molar-refractivity contribution in [3.8, 4) is 5.75 Å². The Bertz CT molecular complexity index is 1160. The zero-order chi connectivity index (χ0) is 29.7. The molecule has 2 rings (SSSR count). The molecule has 0 spiro atoms. The maximum atomic E-state index is 13.3. The van der Waals surface area contributed by atoms with Crippen LogP contribution in [0.5, 0.6) is 5.75 Å². The van der Waals surface area contributed by atoms with Crippen LogP contribution in [0.15, 0.2) is 54.6 Å². The second kappa shape index (κ2) is 16.1. The van der Waals surface area contributed by atoms with Gasteiger partial charge < -0.3 is 37.6 Å². The molecular formula is C27H35N5O7S. The molecule has 12 nitrogen and oxygen atoms in total. The molecule has 9 N–H and O–H groups in total. The van der Waals surface area contributed by atoms with Crippen LogP contribution >= 0.6 is 11.8 Å². The second-order valence-electron chi connectivity index (χ2n) is 9.14. The molecule has 0 fully saturated rings. The number of carboxylic acids is 1. The van der Waals surface area contributed by atoms with E-state index in [2.05, 4.69) is 16.0 Å². The predicted octanol–water partition coefficient (Wildman–Crippen LogP) is -0.328. The summed E-state index contributed by atoms with van der Waals surface area (Å²) in [4.78, 5) is 62.2. The Morgan fingerprint density at radius 3 is 1.90 bits per heavy atom. The number of aromatic hydroxyl groups is 1. The molecule has 13 heteroatoms. The highest BCUT2D eigenvalue weighted by atomic mass is 32.2. The van der Waals surface area contributed by atoms with E-state index in [1.165, 1.54) is 23.9 Å². The summed E-state index contributed by atoms with van der Waals surface area (Å²) in [5.41, 5.74) is 12.1. The highest BCUT2D eigenvalue weighted by Crippen LogP contribution is 2.12. The summed E-state index contributed by atoms with van der Waals surface area (Å²) in [6.07, 6.45) is 1.62. The van der Waals surface area contributed by atoms with Crippen LogP contribution in [0, 0.1) is 0 Å². The number of hydrogen-bond donors (Lipinski definition) is 7. The second-order valence-corrected chi connectivity index (χ2v) is 10.1. The van der Waals surface area contributed by atoms with Crippen molar-refractivity contribution in [2.75, 3.05) is 12.0 Å². The Balaban J connectivity index is 2.23. The van der Waals surface area contributed by atoms with E-state index in [4.69, 9.17) is 11.5 Å². The number of primary amides is 1. The van der Waals surface area contributed by atoms with Crippen molar-refractivity contribution in [2.24, 2.45) is 11.5 Å². The highest BCUT2D eigenvalue weighted by molar-refractivity contribution is 7.98. The average molecular weight is 574 g/mol. The third kappa shape index (κ3) is 10.9. The number of rotatable bonds is 16. The molecule has 40 heavy (non-hydrogen) atoms. The van der Waals surface area contributed by atoms with E-state index in [1.54, 1.807) is 42.5 Å². The van der Waals surface area contributed by atoms with Crippen LogP contribution in [-0.2, 0) is 36.8 Å². The number of phenols is 1. The van der Waals surface area contributed by atoms with E-state index in [1.807, 2.05) is 6.26 Å². The van der Waals surface area contributed by atoms with E-state index in [9.17, 15) is 34.2 Å². The molecule has 0 radical (unpaired) electrons. The van der Waals surface area contributed by atoms with Crippen molar-refractivity contribution in [1.29, 1.82) is 0 Å². The van der Waals surface area contributed by atoms with Crippen LogP contribution in [0.1, 0.15) is 24.0 Å². The number of carbonyl (C=O) groups excluding carboxylic acids is 4. The minimum Gasteiger partial charge on any atom is -0.508 e. The third-order valence-corrected chi connectivity index (χ3v) is 6.55. The van der Waals surface area contributed by atoms with Crippen LogP contribution in [0.4, 0.5) is 0 Å². The number of amides is 4. The minimum atomic E-state index is -1.31. The Labute approximate surface area is 236 Å². The van der Waals surface area contributed by atoms with E-state index in [0.717, 1.165) is 0 Å². The molecule has 4 atom stereocenters. The molecule has 2 aromatic rings. The number of phenolic OH excluding ortho intramolecular Hbond substituents is 1. The molecule has 0 heterocycles. The lowest BCUT2D eigenvalue weighted by Gasteiger charge is -2.25. The van der Waals surface area contributed by atoms with Crippen molar-refractivity contribution in [3.63, 3.8) is 0 Å². The topological polar surface area (TPSA) is 214 Å². The van der Waals surface area contributed by atoms with Crippen LogP contribution in [0.3, 0.4) is 0 Å². The first-order valence-electron chi connectivity index (χ1n) is 12.5. The van der Waals surface area contributed by atoms with Gasteiger partial charge in [0.15, 0.2) is 0 Å². The maximum absolute atomic E-state index is 13.3. The Hall–Kier alpha value is -4.10. The molecule has 0 bridgehead atoms. The van der Waals surface area contributed by atoms with Crippen LogP contribution < -0.4 is 27.4 Å². The largest absolute Gasteiger partial charge is 0.508 e. The molecule has 4 unspecified atom stereocenters. The summed E-state index contributed by atoms with van der Waals surface area (Å²) in [5.74, 6) is -3.69. The van der Waals surface area contributed by atoms with Gasteiger partial charge in [-0.1, -0.05) is 42.5 Å². The number of benzene rings is 2. The summed E-state index contributed by atoms with van der Waals surface area (Å²) in [7, 11) is 0. The zero-order valence-corrected chi connectivity index (χ0v) is 22.9. The predicted molar refractivity (Wildman–Crippen MR) is 150 cm³/mol. The number of carbonyl (C=O) groups is 5. The molecule has 4 amide bonds. The van der Waals surface area contributed by atoms with E-state index < -0.39 is 60.2 Å². The number of aliphatic carboxylic acids is 1. The normalized spacial score (nSPS) is 13.8. The van der Waals surface area contributed by atoms with Gasteiger partial charge in [-0.15, -0.1) is 0 Å². The number of carboxylic acid groups (broad SMARTS) is 1. The highest BCUT2D eigenvalue weighted by Gasteiger charge is 2.30. The number of nitrogens with one attached hydrogen (secondary N) is 3. The van der Waals surface area contributed by atoms with Gasteiger partial charge in [-0.2, -0.15) is 11.8 Å². The van der Waals surface area contributed by atoms with E-state index >= 15 is 0 Å². The first kappa shape index (κ1) is 32.1. The average Bonchev–Trinajstić information content (AvgIpc) is 2.91. The number of hydrogen-bond acceptors (Lipinski definition) is 8. The summed E-state index contributed by atoms with van der Waals surface area (Å²) >= 11 is 1.44. The lowest BCUT2D eigenvalue weighted by molar-refractivity contribution is -0.142. The molecule has 0 aliphatic rings. The maximum Gasteiger partial charge on any atom is 0.326 e. The molecule has 2 aromatic carbocycles. The van der Waals surface area contributed by atoms with Gasteiger partial charge in [0.1, 0.15) is 23.9 Å². The van der Waals surface area contributed by atoms with Crippen molar-refractivity contribution in [1.82, 2.24) is 16.0 Å². The fourth-order valence-electron chi connectivity index (χ4n) is 3.76. The van der Waals surface area contributed by atoms with Crippen molar-refractivity contribution in [2.45, 2.75) is 49.9 Å². The monoisotopic (exact) mass is 573 g/mol. The minimum absolute atomic E-state index is 0.0176. The molecule has 0 aromatic heterocycles. The fraction of sp³-hybridized carbons (Fsp3) is 0.370. The van der Waals surface area contributed by atoms with Crippen molar-refractivity contribution in [3.05, 3.63) is 65.7 Å². The van der Waals surface area contributed by atoms with Crippen molar-refractivity contribution >= 4 is 41.4 Å². The van der Waals surface area contributed by atoms with Gasteiger partial charge in [0, 0.05) is 12.8 Å². The zero-order valence-electron chi connectivity index (χ0n) is 22.0. The number of thioether (sulfide) groups is 1. The third-order valence-electron chi connectivity index (χ3n) is 5.91. The van der Waals surface area contributed by atoms with Crippen molar-refractivity contribution < 1.29 is 34.2 Å². The fourth-order valence-corrected chi connectivity index (χ4v) is 4.24. The Morgan fingerprint density at radius 2 is 1.32 bits per heavy atom. The lowest BCUT2D eigenvalue weighted by atomic mass is 10.0. The summed E-state index contributed by atoms with van der Waals surface area (Å²) < 4.78 is 0. The molecular weight excluding hydrogens is 538 g/mol. The van der Waals surface area contributed by atoms with Gasteiger partial charge in [-0.05, 0) is 41.7 Å². The number of nitrogens with two attached hydrogens (primary N) is 2. The van der Waals surface area contributed by atoms with Gasteiger partial charge in [0.05, 0.1) is 12.5 Å². The molecule has 0 aliphatic heterocycles. The Morgan fingerprint density at radius 1 is 0.800 bits per heavy atom. The molecule has 216 valence electrons. The quantitative estimate of drug-likeness (QED) is 0.140. The smallest absolute Gasteiger partial charge is 0.326 e. The van der Waals surface area contributed by atoms with Crippen LogP contribution in [0.25, 0.3) is 0 Å². The van der Waals surface area contributed by atoms with E-state index in [-0.39, 0.29) is 25.0 Å².